The van der Waals surface area contributed by atoms with Crippen molar-refractivity contribution in [3.63, 3.8) is 0 Å². The van der Waals surface area contributed by atoms with Crippen molar-refractivity contribution in [3.8, 4) is 17.2 Å². The van der Waals surface area contributed by atoms with Crippen LogP contribution in [0.1, 0.15) is 68.2 Å². The summed E-state index contributed by atoms with van der Waals surface area (Å²) in [6.07, 6.45) is -1.86. The van der Waals surface area contributed by atoms with Crippen molar-refractivity contribution in [2.75, 3.05) is 13.2 Å². The van der Waals surface area contributed by atoms with Gasteiger partial charge in [0.25, 0.3) is 5.75 Å². The van der Waals surface area contributed by atoms with Crippen LogP contribution in [-0.2, 0) is 47.7 Å². The Morgan fingerprint density at radius 3 is 2.00 bits per heavy atom. The lowest BCUT2D eigenvalue weighted by molar-refractivity contribution is -0.288. The summed E-state index contributed by atoms with van der Waals surface area (Å²) >= 11 is 0. The third-order valence-electron chi connectivity index (χ3n) is 6.99. The SMILES string of the molecule is CC(=O)OC[C@H]1O[C@H](Oc2c(OC(C)=O)c(=O)oc3cc(OCC=C(C)CCC=C(C)C)ccc23)[C@@H](OC(C)=O)[C@@H](OC(C)=O)[C@@H]1OC(C)=O. The molecule has 2 heterocycles. The fourth-order valence-electron chi connectivity index (χ4n) is 4.94. The highest BCUT2D eigenvalue weighted by molar-refractivity contribution is 5.87. The molecule has 1 fully saturated rings. The molecule has 1 aliphatic rings. The van der Waals surface area contributed by atoms with Gasteiger partial charge in [0.15, 0.2) is 18.0 Å². The van der Waals surface area contributed by atoms with Crippen LogP contribution in [-0.4, -0.2) is 73.8 Å². The van der Waals surface area contributed by atoms with Gasteiger partial charge in [0.1, 0.15) is 30.7 Å². The number of allylic oxidation sites excluding steroid dienone is 3. The van der Waals surface area contributed by atoms with Crippen molar-refractivity contribution >= 4 is 40.8 Å². The second-order valence-corrected chi connectivity index (χ2v) is 11.7. The van der Waals surface area contributed by atoms with Crippen molar-refractivity contribution in [3.05, 3.63) is 51.9 Å². The minimum Gasteiger partial charge on any atom is -0.489 e. The van der Waals surface area contributed by atoms with Crippen LogP contribution in [0.25, 0.3) is 11.0 Å². The van der Waals surface area contributed by atoms with E-state index in [0.29, 0.717) is 5.75 Å². The molecule has 0 unspecified atom stereocenters. The van der Waals surface area contributed by atoms with E-state index in [4.69, 9.17) is 42.3 Å². The quantitative estimate of drug-likeness (QED) is 0.117. The molecule has 0 N–H and O–H groups in total. The molecular formula is C35H42O15. The lowest BCUT2D eigenvalue weighted by Gasteiger charge is -2.44. The number of ether oxygens (including phenoxy) is 8. The molecule has 1 saturated heterocycles. The summed E-state index contributed by atoms with van der Waals surface area (Å²) in [5.41, 5.74) is 1.22. The summed E-state index contributed by atoms with van der Waals surface area (Å²) < 4.78 is 50.0. The average Bonchev–Trinajstić information content (AvgIpc) is 2.99. The molecule has 15 heteroatoms. The predicted molar refractivity (Wildman–Crippen MR) is 174 cm³/mol. The molecule has 0 amide bonds. The van der Waals surface area contributed by atoms with E-state index in [1.807, 2.05) is 26.8 Å². The maximum atomic E-state index is 13.2. The van der Waals surface area contributed by atoms with Gasteiger partial charge in [-0.1, -0.05) is 17.2 Å². The smallest absolute Gasteiger partial charge is 0.383 e. The van der Waals surface area contributed by atoms with E-state index in [-0.39, 0.29) is 23.3 Å². The van der Waals surface area contributed by atoms with Crippen LogP contribution in [0, 0.1) is 0 Å². The molecule has 0 bridgehead atoms. The lowest BCUT2D eigenvalue weighted by Crippen LogP contribution is -2.63. The molecule has 0 saturated carbocycles. The topological polar surface area (TPSA) is 189 Å². The van der Waals surface area contributed by atoms with Crippen molar-refractivity contribution in [1.82, 2.24) is 0 Å². The van der Waals surface area contributed by atoms with Gasteiger partial charge in [-0.15, -0.1) is 0 Å². The Morgan fingerprint density at radius 1 is 0.760 bits per heavy atom. The summed E-state index contributed by atoms with van der Waals surface area (Å²) in [4.78, 5) is 73.5. The van der Waals surface area contributed by atoms with E-state index in [0.717, 1.165) is 53.0 Å². The fraction of sp³-hybridized carbons (Fsp3) is 0.486. The number of carbonyl (C=O) groups is 5. The Labute approximate surface area is 288 Å². The Kier molecular flexibility index (Phi) is 14.1. The van der Waals surface area contributed by atoms with E-state index in [2.05, 4.69) is 6.08 Å². The Bertz CT molecular complexity index is 1700. The molecule has 1 aromatic heterocycles. The van der Waals surface area contributed by atoms with Crippen LogP contribution in [0.15, 0.2) is 50.7 Å². The normalized spacial score (nSPS) is 20.2. The zero-order valence-corrected chi connectivity index (χ0v) is 29.2. The zero-order chi connectivity index (χ0) is 37.1. The van der Waals surface area contributed by atoms with Crippen molar-refractivity contribution < 1.29 is 66.3 Å². The fourth-order valence-corrected chi connectivity index (χ4v) is 4.94. The standard InChI is InChI=1S/C35H42O15/c1-18(2)10-9-11-19(3)14-15-42-25-12-13-26-27(16-25)48-34(41)32(46-23(7)39)29(26)50-35-33(47-24(8)40)31(45-22(6)38)30(44-21(5)37)28(49-35)17-43-20(4)36/h10,12-14,16,28,30-31,33,35H,9,11,15,17H2,1-8H3/t28-,30-,31+,33+,35-/m1/s1. The first-order chi connectivity index (χ1) is 23.5. The van der Waals surface area contributed by atoms with E-state index in [1.165, 1.54) is 17.7 Å². The van der Waals surface area contributed by atoms with Gasteiger partial charge in [-0.25, -0.2) is 4.79 Å². The number of esters is 5. The van der Waals surface area contributed by atoms with Crippen LogP contribution >= 0.6 is 0 Å². The number of hydrogen-bond donors (Lipinski definition) is 0. The van der Waals surface area contributed by atoms with Gasteiger partial charge in [-0.2, -0.15) is 0 Å². The average molecular weight is 703 g/mol. The molecule has 50 heavy (non-hydrogen) atoms. The summed E-state index contributed by atoms with van der Waals surface area (Å²) in [7, 11) is 0. The van der Waals surface area contributed by atoms with Gasteiger partial charge in [0, 0.05) is 40.7 Å². The zero-order valence-electron chi connectivity index (χ0n) is 29.2. The summed E-state index contributed by atoms with van der Waals surface area (Å²) in [5.74, 6) is -4.84. The maximum absolute atomic E-state index is 13.2. The third kappa shape index (κ3) is 11.5. The summed E-state index contributed by atoms with van der Waals surface area (Å²) in [6.45, 7) is 11.2. The molecule has 2 aromatic rings. The van der Waals surface area contributed by atoms with Crippen LogP contribution in [0.3, 0.4) is 0 Å². The minimum absolute atomic E-state index is 0.0340. The predicted octanol–water partition coefficient (Wildman–Crippen LogP) is 4.25. The number of hydrogen-bond acceptors (Lipinski definition) is 15. The number of benzene rings is 1. The molecule has 0 aliphatic carbocycles. The van der Waals surface area contributed by atoms with Crippen molar-refractivity contribution in [2.24, 2.45) is 0 Å². The molecule has 0 spiro atoms. The van der Waals surface area contributed by atoms with Gasteiger partial charge >= 0.3 is 35.5 Å². The molecule has 0 radical (unpaired) electrons. The molecule has 272 valence electrons. The van der Waals surface area contributed by atoms with E-state index in [1.54, 1.807) is 6.07 Å². The van der Waals surface area contributed by atoms with Gasteiger partial charge in [0.05, 0.1) is 5.39 Å². The van der Waals surface area contributed by atoms with Crippen molar-refractivity contribution in [2.45, 2.75) is 98.9 Å². The van der Waals surface area contributed by atoms with Gasteiger partial charge < -0.3 is 42.3 Å². The monoisotopic (exact) mass is 702 g/mol. The van der Waals surface area contributed by atoms with Crippen LogP contribution < -0.4 is 19.8 Å². The number of fused-ring (bicyclic) bond motifs is 1. The summed E-state index contributed by atoms with van der Waals surface area (Å²) in [5, 5.41) is 0.106. The van der Waals surface area contributed by atoms with Crippen LogP contribution in [0.2, 0.25) is 0 Å². The number of carbonyl (C=O) groups excluding carboxylic acids is 5. The first kappa shape index (κ1) is 39.3. The Morgan fingerprint density at radius 2 is 1.40 bits per heavy atom. The molecule has 1 aromatic carbocycles. The van der Waals surface area contributed by atoms with E-state index in [9.17, 15) is 28.8 Å². The maximum Gasteiger partial charge on any atom is 0.383 e. The Balaban J connectivity index is 2.09. The highest BCUT2D eigenvalue weighted by atomic mass is 16.7. The molecule has 1 aliphatic heterocycles. The van der Waals surface area contributed by atoms with Gasteiger partial charge in [-0.3, -0.25) is 24.0 Å². The molecule has 15 nitrogen and oxygen atoms in total. The number of rotatable bonds is 14. The van der Waals surface area contributed by atoms with Crippen LogP contribution in [0.4, 0.5) is 0 Å². The first-order valence-corrected chi connectivity index (χ1v) is 15.7. The van der Waals surface area contributed by atoms with E-state index >= 15 is 0 Å². The highest BCUT2D eigenvalue weighted by Crippen LogP contribution is 2.38. The molecule has 5 atom stereocenters. The van der Waals surface area contributed by atoms with E-state index < -0.39 is 78.5 Å². The molecule has 3 rings (SSSR count). The second-order valence-electron chi connectivity index (χ2n) is 11.7. The molecular weight excluding hydrogens is 660 g/mol. The largest absolute Gasteiger partial charge is 0.489 e. The Hall–Kier alpha value is -5.18. The van der Waals surface area contributed by atoms with Crippen LogP contribution in [0.5, 0.6) is 17.2 Å². The van der Waals surface area contributed by atoms with Gasteiger partial charge in [0.2, 0.25) is 12.4 Å². The summed E-state index contributed by atoms with van der Waals surface area (Å²) in [6, 6.07) is 4.47. The van der Waals surface area contributed by atoms with Crippen molar-refractivity contribution in [1.29, 1.82) is 0 Å². The highest BCUT2D eigenvalue weighted by Gasteiger charge is 2.53. The third-order valence-corrected chi connectivity index (χ3v) is 6.99. The minimum atomic E-state index is -1.73. The van der Waals surface area contributed by atoms with Gasteiger partial charge in [-0.05, 0) is 51.8 Å². The second kappa shape index (κ2) is 18.0. The lowest BCUT2D eigenvalue weighted by atomic mass is 9.98. The first-order valence-electron chi connectivity index (χ1n) is 15.7.